The fraction of sp³-hybridized carbons (Fsp3) is 0.475. The molecule has 50 nitrogen and oxygen atoms in total. The van der Waals surface area contributed by atoms with Crippen LogP contribution in [0.4, 0.5) is 51.5 Å². The third kappa shape index (κ3) is 82.0. The first-order valence-corrected chi connectivity index (χ1v) is 31.4. The molecule has 113 heavy (non-hydrogen) atoms. The number of carbonyl (C=O) groups is 7. The molecule has 12 N–H and O–H groups in total. The van der Waals surface area contributed by atoms with E-state index in [4.69, 9.17) is 107 Å². The van der Waals surface area contributed by atoms with Crippen LogP contribution >= 0.6 is 0 Å². The number of amides is 6. The molecule has 54 heteroatoms. The monoisotopic (exact) mass is 1920 g/mol. The van der Waals surface area contributed by atoms with Crippen LogP contribution in [0.3, 0.4) is 0 Å². The summed E-state index contributed by atoms with van der Waals surface area (Å²) in [6, 6.07) is 20.9. The van der Waals surface area contributed by atoms with E-state index >= 15 is 0 Å². The molecule has 0 bridgehead atoms. The number of hydrogen-bond donors (Lipinski definition) is 10. The molecule has 4 unspecified atom stereocenters. The Kier molecular flexibility index (Phi) is 79.7. The molecule has 0 aliphatic heterocycles. The van der Waals surface area contributed by atoms with Crippen molar-refractivity contribution in [2.75, 3.05) is 52.8 Å². The third-order valence-electron chi connectivity index (χ3n) is 12.5. The van der Waals surface area contributed by atoms with Gasteiger partial charge in [0.15, 0.2) is 0 Å². The van der Waals surface area contributed by atoms with E-state index in [-0.39, 0.29) is 214 Å². The van der Waals surface area contributed by atoms with Crippen molar-refractivity contribution >= 4 is 65.3 Å². The number of ether oxygens (including phenoxy) is 7. The molecule has 0 aromatic heterocycles. The average Bonchev–Trinajstić information content (AvgIpc) is 0.909. The maximum atomic E-state index is 11.6. The number of nitro benzene ring substituents is 4. The summed E-state index contributed by atoms with van der Waals surface area (Å²) < 4.78 is 33.9. The van der Waals surface area contributed by atoms with Gasteiger partial charge in [-0.25, -0.2) is 24.0 Å². The van der Waals surface area contributed by atoms with Crippen molar-refractivity contribution in [2.24, 2.45) is 23.7 Å². The molecule has 620 valence electrons. The second-order valence-electron chi connectivity index (χ2n) is 21.5. The van der Waals surface area contributed by atoms with Gasteiger partial charge in [0, 0.05) is 206 Å². The van der Waals surface area contributed by atoms with E-state index in [1.807, 2.05) is 20.8 Å². The van der Waals surface area contributed by atoms with E-state index in [0.717, 1.165) is 57.8 Å². The van der Waals surface area contributed by atoms with E-state index in [9.17, 15) is 74.0 Å². The standard InChI is InChI=1S/C15H21N3O6.C15H20N2O7.C15H22N2O6.C14H19N3O5.4HNO3.4Y/c1-11(10-23-14(16)19)4-2-3-9-17-15(20)24-13-7-5-12(6-8-13)18(21)22;1-11(10-23-15(19)20)4-2-3-9-16-14(18)24-13-7-5-12(6-8-13)17(21)22;1-12(10-22-11-18)4-2-3-9-16-15(19)23-14-7-5-13(6-8-14)17(20)21;1-10(13(15)18)4-2-3-9-16-14(19)22-12-7-5-11(6-8-12)17(20)21;4*2-1(3)4;;;;/h5-8,11H,2-4,9-10H2,1H3,(H3,16,17,19,20);5-8,11H,2-4,9-10H2,1H3,(H,16,18)(H,19,20);5-8,12,18H,2-4,9-11H2,1H3,(H,16,19);5-8,10H,2-4,9H2,1H3,(H3,15,16,18,19);4*(H,2,3,4);;;;/p-2. The van der Waals surface area contributed by atoms with Crippen LogP contribution < -0.4 is 40.2 Å². The molecule has 0 saturated heterocycles. The van der Waals surface area contributed by atoms with Crippen LogP contribution in [0, 0.1) is 105 Å². The first kappa shape index (κ1) is 119. The Morgan fingerprint density at radius 3 is 0.779 bits per heavy atom. The molecular weight excluding hydrogens is 1840 g/mol. The van der Waals surface area contributed by atoms with Crippen LogP contribution in [0.15, 0.2) is 97.1 Å². The van der Waals surface area contributed by atoms with Gasteiger partial charge in [0.05, 0.1) is 45.4 Å². The smallest absolute Gasteiger partial charge is 0.505 e. The second kappa shape index (κ2) is 75.4. The molecule has 4 radical (unpaired) electrons. The molecule has 4 rings (SSSR count). The number of nitrogens with one attached hydrogen (secondary N) is 6. The van der Waals surface area contributed by atoms with Gasteiger partial charge in [0.1, 0.15) is 29.8 Å². The van der Waals surface area contributed by atoms with Crippen molar-refractivity contribution < 1.29 is 269 Å². The second-order valence-corrected chi connectivity index (χ2v) is 21.5. The van der Waals surface area contributed by atoms with Crippen LogP contribution in [0.25, 0.3) is 11.5 Å². The summed E-state index contributed by atoms with van der Waals surface area (Å²) in [4.78, 5) is 151. The van der Waals surface area contributed by atoms with Gasteiger partial charge in [-0.05, 0) is 124 Å². The zero-order valence-corrected chi connectivity index (χ0v) is 72.4. The zero-order valence-electron chi connectivity index (χ0n) is 61.0. The number of benzene rings is 4. The van der Waals surface area contributed by atoms with Gasteiger partial charge in [-0.2, -0.15) is 0 Å². The number of aliphatic hydroxyl groups is 1. The molecule has 0 fully saturated rings. The van der Waals surface area contributed by atoms with Crippen molar-refractivity contribution in [1.29, 1.82) is 0 Å². The van der Waals surface area contributed by atoms with Gasteiger partial charge in [0.2, 0.25) is 6.09 Å². The van der Waals surface area contributed by atoms with E-state index < -0.39 is 82.6 Å². The van der Waals surface area contributed by atoms with Gasteiger partial charge in [0.25, 0.3) is 43.1 Å². The Morgan fingerprint density at radius 1 is 0.372 bits per heavy atom. The molecule has 0 aliphatic carbocycles. The van der Waals surface area contributed by atoms with Gasteiger partial charge in [-0.3, -0.25) is 45.3 Å². The van der Waals surface area contributed by atoms with Crippen molar-refractivity contribution in [3.63, 3.8) is 0 Å². The predicted molar refractivity (Wildman–Crippen MR) is 368 cm³/mol. The first-order chi connectivity index (χ1) is 51.1. The van der Waals surface area contributed by atoms with E-state index in [1.54, 1.807) is 6.92 Å². The average molecular weight is 1920 g/mol. The topological polar surface area (TPSA) is 746 Å². The SMILES string of the molecule is CC(CCCCNC(=O)Oc1ccc([N+](=O)[O-])cc1)C([NH-])=O.CC(CCCCNC(=O)Oc1ccc([N+](=O)[O-])cc1)COC(=O)O.CC(CCCCNC(=O)Oc1ccc([N+](=O)[O-])cc1)COC([NH-])=O.CC(CCCCNC(=O)Oc1ccc([N+](=O)[O-])cc1)COCO.O=[N+]([O-])O.O=[N+]([O-])O.O=[N+]([O-])O.O=[N+]([O-])O.[Y].[Y].[Y].[Y]. The largest absolute Gasteiger partial charge is 0.668 e. The fourth-order valence-corrected chi connectivity index (χ4v) is 7.37. The molecule has 6 amide bonds. The van der Waals surface area contributed by atoms with Crippen LogP contribution in [-0.2, 0) is 150 Å². The number of nitro groups is 4. The Hall–Kier alpha value is -9.29. The fourth-order valence-electron chi connectivity index (χ4n) is 7.37. The molecule has 0 aliphatic rings. The summed E-state index contributed by atoms with van der Waals surface area (Å²) in [5.74, 6) is 0.687. The molecule has 4 aromatic carbocycles. The summed E-state index contributed by atoms with van der Waals surface area (Å²) >= 11 is 0. The summed E-state index contributed by atoms with van der Waals surface area (Å²) in [7, 11) is 0. The van der Waals surface area contributed by atoms with Gasteiger partial charge in [-0.1, -0.05) is 53.4 Å². The minimum Gasteiger partial charge on any atom is -0.668 e. The van der Waals surface area contributed by atoms with Crippen molar-refractivity contribution in [2.45, 2.75) is 105 Å². The van der Waals surface area contributed by atoms with Crippen molar-refractivity contribution in [3.8, 4) is 23.0 Å². The maximum Gasteiger partial charge on any atom is 0.505 e. The van der Waals surface area contributed by atoms with E-state index in [2.05, 4.69) is 30.7 Å². The zero-order chi connectivity index (χ0) is 83.8. The number of hydrogen-bond acceptors (Lipinski definition) is 31. The summed E-state index contributed by atoms with van der Waals surface area (Å²) in [6.07, 6.45) is 4.57. The van der Waals surface area contributed by atoms with Gasteiger partial charge in [-0.15, -0.1) is 40.5 Å². The Labute approximate surface area is 742 Å². The molecule has 0 spiro atoms. The molecular formula is C59H84N14O36Y4-2. The number of aliphatic hydroxyl groups excluding tert-OH is 1. The number of carboxylic acid groups (broad SMARTS) is 1. The molecule has 0 saturated carbocycles. The summed E-state index contributed by atoms with van der Waals surface area (Å²) in [5.41, 5.74) is 13.3. The van der Waals surface area contributed by atoms with E-state index in [0.29, 0.717) is 58.0 Å². The number of unbranched alkanes of at least 4 members (excludes halogenated alkanes) is 4. The maximum absolute atomic E-state index is 11.6. The van der Waals surface area contributed by atoms with Crippen LogP contribution in [0.5, 0.6) is 23.0 Å². The normalized spacial score (nSPS) is 10.3. The van der Waals surface area contributed by atoms with Crippen molar-refractivity contribution in [3.05, 3.63) is 189 Å². The van der Waals surface area contributed by atoms with E-state index in [1.165, 1.54) is 97.1 Å². The van der Waals surface area contributed by atoms with Crippen LogP contribution in [0.1, 0.15) is 105 Å². The Morgan fingerprint density at radius 2 is 0.584 bits per heavy atom. The van der Waals surface area contributed by atoms with Crippen molar-refractivity contribution in [1.82, 2.24) is 21.3 Å². The quantitative estimate of drug-likeness (QED) is 0.00665. The number of non-ortho nitro benzene ring substituents is 4. The Balaban J connectivity index is -0.000000201. The van der Waals surface area contributed by atoms with Crippen LogP contribution in [0.2, 0.25) is 0 Å². The minimum atomic E-state index is -1.50. The summed E-state index contributed by atoms with van der Waals surface area (Å²) in [5, 5.41) is 124. The van der Waals surface area contributed by atoms with Gasteiger partial charge < -0.3 is 102 Å². The number of nitrogens with zero attached hydrogens (tertiary/aromatic N) is 8. The predicted octanol–water partition coefficient (Wildman–Crippen LogP) is 11.0. The molecule has 4 aromatic rings. The van der Waals surface area contributed by atoms with Gasteiger partial charge >= 0.3 is 30.5 Å². The Bertz CT molecular complexity index is 3240. The number of carbonyl (C=O) groups excluding carboxylic acids is 6. The molecule has 4 atom stereocenters. The van der Waals surface area contributed by atoms with Crippen LogP contribution in [-0.4, -0.2) is 166 Å². The third-order valence-corrected chi connectivity index (χ3v) is 12.5. The summed E-state index contributed by atoms with van der Waals surface area (Å²) in [6.45, 7) is 9.89. The molecule has 0 heterocycles. The number of rotatable bonds is 36. The first-order valence-electron chi connectivity index (χ1n) is 31.4. The minimum absolute atomic E-state index is 0.